The summed E-state index contributed by atoms with van der Waals surface area (Å²) >= 11 is 0. The van der Waals surface area contributed by atoms with E-state index in [2.05, 4.69) is 49.4 Å². The largest absolute Gasteiger partial charge is 0.496 e. The summed E-state index contributed by atoms with van der Waals surface area (Å²) in [7, 11) is -1.67. The number of ether oxygens (including phenoxy) is 2. The van der Waals surface area contributed by atoms with E-state index in [1.807, 2.05) is 24.3 Å². The Hall–Kier alpha value is -3.32. The third kappa shape index (κ3) is 6.30. The zero-order valence-electron chi connectivity index (χ0n) is 23.9. The van der Waals surface area contributed by atoms with Crippen LogP contribution in [0, 0.1) is 5.92 Å². The zero-order chi connectivity index (χ0) is 28.6. The van der Waals surface area contributed by atoms with Crippen LogP contribution in [0.5, 0.6) is 5.75 Å². The van der Waals surface area contributed by atoms with E-state index in [4.69, 9.17) is 9.47 Å². The van der Waals surface area contributed by atoms with Gasteiger partial charge in [0, 0.05) is 18.9 Å². The predicted molar refractivity (Wildman–Crippen MR) is 160 cm³/mol. The van der Waals surface area contributed by atoms with Crippen molar-refractivity contribution < 1.29 is 22.7 Å². The maximum atomic E-state index is 13.1. The monoisotopic (exact) mass is 573 g/mol. The average molecular weight is 574 g/mol. The molecule has 3 fully saturated rings. The van der Waals surface area contributed by atoms with Gasteiger partial charge in [-0.1, -0.05) is 74.0 Å². The number of carbonyl (C=O) groups excluding carboxylic acids is 1. The first-order chi connectivity index (χ1) is 19.8. The quantitative estimate of drug-likeness (QED) is 0.293. The fourth-order valence-electron chi connectivity index (χ4n) is 6.64. The van der Waals surface area contributed by atoms with Crippen LogP contribution in [0.2, 0.25) is 0 Å². The maximum Gasteiger partial charge on any atom is 0.410 e. The molecule has 1 aliphatic carbocycles. The minimum absolute atomic E-state index is 0.0207. The van der Waals surface area contributed by atoms with E-state index in [-0.39, 0.29) is 17.4 Å². The molecule has 3 atom stereocenters. The molecule has 3 aliphatic rings. The molecular weight excluding hydrogens is 534 g/mol. The molecule has 2 aliphatic heterocycles. The summed E-state index contributed by atoms with van der Waals surface area (Å²) in [6, 6.07) is 22.6. The van der Waals surface area contributed by atoms with Crippen LogP contribution in [0.25, 0.3) is 0 Å². The summed E-state index contributed by atoms with van der Waals surface area (Å²) in [6.45, 7) is 2.55. The molecule has 0 spiro atoms. The summed E-state index contributed by atoms with van der Waals surface area (Å²) in [5.41, 5.74) is 6.96. The van der Waals surface area contributed by atoms with Crippen molar-refractivity contribution >= 4 is 15.9 Å². The van der Waals surface area contributed by atoms with Crippen molar-refractivity contribution in [2.75, 3.05) is 18.6 Å². The summed E-state index contributed by atoms with van der Waals surface area (Å²) in [6.07, 6.45) is 4.94. The third-order valence-corrected chi connectivity index (χ3v) is 10.5. The summed E-state index contributed by atoms with van der Waals surface area (Å²) < 4.78 is 37.9. The molecule has 0 aromatic heterocycles. The first kappa shape index (κ1) is 27.8. The number of carbonyl (C=O) groups is 1. The Morgan fingerprint density at radius 3 is 2.49 bits per heavy atom. The minimum Gasteiger partial charge on any atom is -0.496 e. The van der Waals surface area contributed by atoms with E-state index < -0.39 is 28.1 Å². The Bertz CT molecular complexity index is 1530. The van der Waals surface area contributed by atoms with Gasteiger partial charge in [0.15, 0.2) is 9.84 Å². The van der Waals surface area contributed by atoms with Gasteiger partial charge in [-0.05, 0) is 71.0 Å². The Morgan fingerprint density at radius 2 is 1.71 bits per heavy atom. The molecular formula is C34H39NO5S. The number of aryl methyl sites for hydroxylation is 1. The fourth-order valence-corrected chi connectivity index (χ4v) is 8.62. The molecule has 1 amide bonds. The van der Waals surface area contributed by atoms with Gasteiger partial charge in [0.1, 0.15) is 11.9 Å². The van der Waals surface area contributed by atoms with Crippen molar-refractivity contribution in [1.82, 2.24) is 4.90 Å². The van der Waals surface area contributed by atoms with Gasteiger partial charge in [-0.3, -0.25) is 4.90 Å². The van der Waals surface area contributed by atoms with Crippen molar-refractivity contribution in [2.24, 2.45) is 5.92 Å². The lowest BCUT2D eigenvalue weighted by molar-refractivity contribution is 0.0970. The molecule has 6 nitrogen and oxygen atoms in total. The smallest absolute Gasteiger partial charge is 0.410 e. The lowest BCUT2D eigenvalue weighted by atomic mass is 9.89. The Morgan fingerprint density at radius 1 is 0.927 bits per heavy atom. The van der Waals surface area contributed by atoms with Crippen LogP contribution in [0.3, 0.4) is 0 Å². The van der Waals surface area contributed by atoms with Gasteiger partial charge < -0.3 is 9.47 Å². The van der Waals surface area contributed by atoms with E-state index in [0.717, 1.165) is 41.7 Å². The van der Waals surface area contributed by atoms with Gasteiger partial charge >= 0.3 is 6.09 Å². The number of benzene rings is 3. The van der Waals surface area contributed by atoms with E-state index >= 15 is 0 Å². The highest BCUT2D eigenvalue weighted by Gasteiger charge is 2.51. The maximum absolute atomic E-state index is 13.1. The highest BCUT2D eigenvalue weighted by atomic mass is 32.2. The molecule has 6 rings (SSSR count). The summed E-state index contributed by atoms with van der Waals surface area (Å²) in [5.74, 6) is 1.09. The van der Waals surface area contributed by atoms with Gasteiger partial charge in [-0.2, -0.15) is 0 Å². The van der Waals surface area contributed by atoms with E-state index in [1.165, 1.54) is 29.5 Å². The second-order valence-corrected chi connectivity index (χ2v) is 14.2. The van der Waals surface area contributed by atoms with Crippen molar-refractivity contribution in [3.8, 4) is 5.75 Å². The van der Waals surface area contributed by atoms with E-state index in [9.17, 15) is 13.2 Å². The second kappa shape index (κ2) is 11.5. The van der Waals surface area contributed by atoms with Crippen LogP contribution in [-0.4, -0.2) is 50.2 Å². The lowest BCUT2D eigenvalue weighted by Gasteiger charge is -2.34. The van der Waals surface area contributed by atoms with Crippen LogP contribution in [0.1, 0.15) is 65.5 Å². The zero-order valence-corrected chi connectivity index (χ0v) is 24.7. The molecule has 216 valence electrons. The summed E-state index contributed by atoms with van der Waals surface area (Å²) in [5, 5.41) is 0. The Balaban J connectivity index is 1.22. The first-order valence-electron chi connectivity index (χ1n) is 14.8. The lowest BCUT2D eigenvalue weighted by Crippen LogP contribution is -2.51. The standard InChI is InChI=1S/C34H39NO5S/c1-3-6-23-7-4-8-24(15-23)16-29-17-25(11-14-32(29)39-2)18-30-21-41(37,38)22-31-33(30)40-34(36)35(31)20-26-9-5-10-28(19-26)27-12-13-27/h4-5,7-11,14-15,17,19,27,30-31,33H,3,6,12-13,16,18,20-22H2,1-2H3/t30-,31+,33+/m1/s1. The number of hydrogen-bond acceptors (Lipinski definition) is 5. The Kier molecular flexibility index (Phi) is 7.82. The molecule has 3 aromatic rings. The highest BCUT2D eigenvalue weighted by Crippen LogP contribution is 2.41. The highest BCUT2D eigenvalue weighted by molar-refractivity contribution is 7.91. The Labute approximate surface area is 243 Å². The van der Waals surface area contributed by atoms with Crippen LogP contribution in [0.4, 0.5) is 4.79 Å². The average Bonchev–Trinajstić information content (AvgIpc) is 3.75. The van der Waals surface area contributed by atoms with Crippen molar-refractivity contribution in [2.45, 2.75) is 70.1 Å². The predicted octanol–water partition coefficient (Wildman–Crippen LogP) is 6.09. The number of rotatable bonds is 10. The molecule has 2 saturated heterocycles. The second-order valence-electron chi connectivity index (χ2n) is 12.0. The number of amides is 1. The van der Waals surface area contributed by atoms with Crippen molar-refractivity contribution in [1.29, 1.82) is 0 Å². The van der Waals surface area contributed by atoms with Gasteiger partial charge in [-0.25, -0.2) is 13.2 Å². The molecule has 7 heteroatoms. The molecule has 2 heterocycles. The van der Waals surface area contributed by atoms with Crippen molar-refractivity contribution in [3.63, 3.8) is 0 Å². The molecule has 0 unspecified atom stereocenters. The van der Waals surface area contributed by atoms with Gasteiger partial charge in [-0.15, -0.1) is 0 Å². The normalized spacial score (nSPS) is 23.2. The van der Waals surface area contributed by atoms with Crippen LogP contribution in [0.15, 0.2) is 66.7 Å². The fraction of sp³-hybridized carbons (Fsp3) is 0.441. The SMILES string of the molecule is CCCc1cccc(Cc2cc(C[C@@H]3CS(=O)(=O)C[C@H]4[C@H]3OC(=O)N4Cc3cccc(C4CC4)c3)ccc2OC)c1. The molecule has 41 heavy (non-hydrogen) atoms. The van der Waals surface area contributed by atoms with Crippen molar-refractivity contribution in [3.05, 3.63) is 100 Å². The third-order valence-electron chi connectivity index (χ3n) is 8.73. The van der Waals surface area contributed by atoms with Crippen LogP contribution in [-0.2, 0) is 40.4 Å². The minimum atomic E-state index is -3.35. The molecule has 0 bridgehead atoms. The first-order valence-corrected chi connectivity index (χ1v) is 16.6. The van der Waals surface area contributed by atoms with Gasteiger partial charge in [0.05, 0.1) is 24.7 Å². The number of fused-ring (bicyclic) bond motifs is 1. The van der Waals surface area contributed by atoms with E-state index in [0.29, 0.717) is 18.9 Å². The molecule has 3 aromatic carbocycles. The molecule has 0 N–H and O–H groups in total. The van der Waals surface area contributed by atoms with E-state index in [1.54, 1.807) is 12.0 Å². The van der Waals surface area contributed by atoms with Gasteiger partial charge in [0.25, 0.3) is 0 Å². The van der Waals surface area contributed by atoms with Crippen LogP contribution < -0.4 is 4.74 Å². The number of sulfone groups is 1. The van der Waals surface area contributed by atoms with Crippen LogP contribution >= 0.6 is 0 Å². The number of hydrogen-bond donors (Lipinski definition) is 0. The molecule has 1 saturated carbocycles. The summed E-state index contributed by atoms with van der Waals surface area (Å²) in [4.78, 5) is 14.7. The molecule has 0 radical (unpaired) electrons. The number of methoxy groups -OCH3 is 1. The van der Waals surface area contributed by atoms with Gasteiger partial charge in [0.2, 0.25) is 0 Å². The number of nitrogens with zero attached hydrogens (tertiary/aromatic N) is 1. The topological polar surface area (TPSA) is 72.9 Å².